The summed E-state index contributed by atoms with van der Waals surface area (Å²) < 4.78 is 0. The van der Waals surface area contributed by atoms with Crippen LogP contribution < -0.4 is 10.2 Å². The third-order valence-corrected chi connectivity index (χ3v) is 6.29. The van der Waals surface area contributed by atoms with E-state index in [0.29, 0.717) is 19.4 Å². The number of amides is 3. The summed E-state index contributed by atoms with van der Waals surface area (Å²) in [7, 11) is 0. The summed E-state index contributed by atoms with van der Waals surface area (Å²) in [4.78, 5) is 40.7. The van der Waals surface area contributed by atoms with E-state index in [1.807, 2.05) is 12.2 Å². The smallest absolute Gasteiger partial charge is 0.233 e. The van der Waals surface area contributed by atoms with Crippen molar-refractivity contribution in [1.82, 2.24) is 10.2 Å². The highest BCUT2D eigenvalue weighted by Gasteiger charge is 2.46. The molecule has 0 radical (unpaired) electrons. The van der Waals surface area contributed by atoms with E-state index < -0.39 is 0 Å². The van der Waals surface area contributed by atoms with Crippen LogP contribution in [0.25, 0.3) is 0 Å². The van der Waals surface area contributed by atoms with Gasteiger partial charge in [-0.3, -0.25) is 19.3 Å². The van der Waals surface area contributed by atoms with Crippen LogP contribution in [0.4, 0.5) is 5.69 Å². The second kappa shape index (κ2) is 8.80. The van der Waals surface area contributed by atoms with Crippen LogP contribution in [0, 0.1) is 11.8 Å². The lowest BCUT2D eigenvalue weighted by molar-refractivity contribution is -0.140. The Morgan fingerprint density at radius 3 is 2.52 bits per heavy atom. The van der Waals surface area contributed by atoms with Crippen molar-refractivity contribution in [1.29, 1.82) is 0 Å². The number of nitrogens with zero attached hydrogens (tertiary/aromatic N) is 2. The Bertz CT molecular complexity index is 793. The molecule has 2 heterocycles. The van der Waals surface area contributed by atoms with E-state index >= 15 is 0 Å². The molecule has 3 aliphatic rings. The predicted molar refractivity (Wildman–Crippen MR) is 111 cm³/mol. The van der Waals surface area contributed by atoms with Gasteiger partial charge in [-0.1, -0.05) is 30.4 Å². The van der Waals surface area contributed by atoms with E-state index in [4.69, 9.17) is 0 Å². The topological polar surface area (TPSA) is 69.7 Å². The van der Waals surface area contributed by atoms with Gasteiger partial charge in [0.15, 0.2) is 0 Å². The minimum absolute atomic E-state index is 0.0994. The first-order valence-corrected chi connectivity index (χ1v) is 10.7. The van der Waals surface area contributed by atoms with Crippen molar-refractivity contribution in [3.8, 4) is 0 Å². The number of carbonyl (C=O) groups excluding carboxylic acids is 3. The number of fused-ring (bicyclic) bond motifs is 2. The molecule has 0 aromatic heterocycles. The van der Waals surface area contributed by atoms with Gasteiger partial charge in [-0.15, -0.1) is 0 Å². The number of imide groups is 1. The van der Waals surface area contributed by atoms with E-state index in [2.05, 4.69) is 34.5 Å². The normalized spacial score (nSPS) is 23.2. The fourth-order valence-electron chi connectivity index (χ4n) is 4.73. The standard InChI is InChI=1S/C23H29N3O3/c27-21(12-16-26-22(28)18-9-2-3-10-19(18)23(26)29)24-13-6-15-25-14-5-8-17-7-1-4-11-20(17)25/h1-4,7,11,18-19H,5-6,8-10,12-16H2,(H,24,27)/t18-,19+. The lowest BCUT2D eigenvalue weighted by Crippen LogP contribution is -2.36. The minimum Gasteiger partial charge on any atom is -0.371 e. The fraction of sp³-hybridized carbons (Fsp3) is 0.522. The molecule has 1 aromatic rings. The molecule has 0 spiro atoms. The average Bonchev–Trinajstić information content (AvgIpc) is 3.00. The molecule has 0 bridgehead atoms. The SMILES string of the molecule is O=C(CCN1C(=O)[C@H]2CC=CC[C@H]2C1=O)NCCCN1CCCc2ccccc21. The lowest BCUT2D eigenvalue weighted by Gasteiger charge is -2.31. The molecule has 0 unspecified atom stereocenters. The van der Waals surface area contributed by atoms with Crippen molar-refractivity contribution in [2.45, 2.75) is 38.5 Å². The van der Waals surface area contributed by atoms with E-state index in [9.17, 15) is 14.4 Å². The first kappa shape index (κ1) is 19.7. The van der Waals surface area contributed by atoms with Gasteiger partial charge in [0.2, 0.25) is 17.7 Å². The van der Waals surface area contributed by atoms with Gasteiger partial charge in [-0.25, -0.2) is 0 Å². The lowest BCUT2D eigenvalue weighted by atomic mass is 9.85. The molecule has 2 atom stereocenters. The molecule has 2 aliphatic heterocycles. The van der Waals surface area contributed by atoms with Crippen LogP contribution in [0.1, 0.15) is 37.7 Å². The van der Waals surface area contributed by atoms with Crippen LogP contribution in [0.15, 0.2) is 36.4 Å². The second-order valence-corrected chi connectivity index (χ2v) is 8.16. The molecule has 1 aromatic carbocycles. The molecular formula is C23H29N3O3. The van der Waals surface area contributed by atoms with Crippen LogP contribution in [0.5, 0.6) is 0 Å². The third kappa shape index (κ3) is 4.21. The Morgan fingerprint density at radius 2 is 1.76 bits per heavy atom. The Hall–Kier alpha value is -2.63. The van der Waals surface area contributed by atoms with Gasteiger partial charge in [-0.05, 0) is 43.7 Å². The highest BCUT2D eigenvalue weighted by molar-refractivity contribution is 6.05. The van der Waals surface area contributed by atoms with Crippen LogP contribution in [0.2, 0.25) is 0 Å². The quantitative estimate of drug-likeness (QED) is 0.437. The zero-order valence-corrected chi connectivity index (χ0v) is 16.8. The van der Waals surface area contributed by atoms with Crippen molar-refractivity contribution in [2.75, 3.05) is 31.1 Å². The molecular weight excluding hydrogens is 366 g/mol. The first-order chi connectivity index (χ1) is 14.1. The van der Waals surface area contributed by atoms with Crippen LogP contribution in [0.3, 0.4) is 0 Å². The number of para-hydroxylation sites is 1. The molecule has 6 nitrogen and oxygen atoms in total. The van der Waals surface area contributed by atoms with Gasteiger partial charge in [0, 0.05) is 38.3 Å². The maximum Gasteiger partial charge on any atom is 0.233 e. The number of allylic oxidation sites excluding steroid dienone is 2. The summed E-state index contributed by atoms with van der Waals surface area (Å²) in [5.74, 6) is -0.759. The summed E-state index contributed by atoms with van der Waals surface area (Å²) in [6.07, 6.45) is 8.57. The molecule has 1 fully saturated rings. The summed E-state index contributed by atoms with van der Waals surface area (Å²) >= 11 is 0. The highest BCUT2D eigenvalue weighted by atomic mass is 16.2. The van der Waals surface area contributed by atoms with Gasteiger partial charge in [0.05, 0.1) is 11.8 Å². The number of nitrogens with one attached hydrogen (secondary N) is 1. The second-order valence-electron chi connectivity index (χ2n) is 8.16. The number of rotatable bonds is 7. The van der Waals surface area contributed by atoms with Crippen molar-refractivity contribution in [3.05, 3.63) is 42.0 Å². The molecule has 1 saturated heterocycles. The van der Waals surface area contributed by atoms with Gasteiger partial charge >= 0.3 is 0 Å². The average molecular weight is 396 g/mol. The molecule has 154 valence electrons. The van der Waals surface area contributed by atoms with Crippen molar-refractivity contribution in [2.24, 2.45) is 11.8 Å². The Labute approximate surface area is 171 Å². The minimum atomic E-state index is -0.219. The molecule has 3 amide bonds. The maximum atomic E-state index is 12.4. The summed E-state index contributed by atoms with van der Waals surface area (Å²) in [6.45, 7) is 2.77. The van der Waals surface area contributed by atoms with E-state index in [-0.39, 0.29) is 42.5 Å². The zero-order chi connectivity index (χ0) is 20.2. The molecule has 1 aliphatic carbocycles. The van der Waals surface area contributed by atoms with Gasteiger partial charge in [0.25, 0.3) is 0 Å². The Kier molecular flexibility index (Phi) is 5.97. The number of hydrogen-bond acceptors (Lipinski definition) is 4. The molecule has 29 heavy (non-hydrogen) atoms. The number of aryl methyl sites for hydroxylation is 1. The summed E-state index contributed by atoms with van der Waals surface area (Å²) in [5, 5.41) is 2.94. The predicted octanol–water partition coefficient (Wildman–Crippen LogP) is 2.29. The molecule has 0 saturated carbocycles. The zero-order valence-electron chi connectivity index (χ0n) is 16.8. The van der Waals surface area contributed by atoms with Gasteiger partial charge in [0.1, 0.15) is 0 Å². The third-order valence-electron chi connectivity index (χ3n) is 6.29. The Balaban J connectivity index is 1.18. The fourth-order valence-corrected chi connectivity index (χ4v) is 4.73. The van der Waals surface area contributed by atoms with Crippen molar-refractivity contribution < 1.29 is 14.4 Å². The molecule has 4 rings (SSSR count). The molecule has 6 heteroatoms. The highest BCUT2D eigenvalue weighted by Crippen LogP contribution is 2.35. The van der Waals surface area contributed by atoms with E-state index in [1.165, 1.54) is 22.6 Å². The molecule has 1 N–H and O–H groups in total. The number of likely N-dealkylation sites (tertiary alicyclic amines) is 1. The summed E-state index contributed by atoms with van der Waals surface area (Å²) in [5.41, 5.74) is 2.71. The van der Waals surface area contributed by atoms with E-state index in [0.717, 1.165) is 25.9 Å². The van der Waals surface area contributed by atoms with E-state index in [1.54, 1.807) is 0 Å². The van der Waals surface area contributed by atoms with Gasteiger partial charge < -0.3 is 10.2 Å². The van der Waals surface area contributed by atoms with Crippen LogP contribution in [-0.2, 0) is 20.8 Å². The largest absolute Gasteiger partial charge is 0.371 e. The first-order valence-electron chi connectivity index (χ1n) is 10.7. The van der Waals surface area contributed by atoms with Crippen LogP contribution >= 0.6 is 0 Å². The summed E-state index contributed by atoms with van der Waals surface area (Å²) in [6, 6.07) is 8.52. The van der Waals surface area contributed by atoms with Crippen molar-refractivity contribution >= 4 is 23.4 Å². The van der Waals surface area contributed by atoms with Crippen molar-refractivity contribution in [3.63, 3.8) is 0 Å². The monoisotopic (exact) mass is 395 g/mol. The Morgan fingerprint density at radius 1 is 1.03 bits per heavy atom. The number of carbonyl (C=O) groups is 3. The maximum absolute atomic E-state index is 12.4. The van der Waals surface area contributed by atoms with Crippen LogP contribution in [-0.4, -0.2) is 48.8 Å². The number of benzene rings is 1. The number of hydrogen-bond donors (Lipinski definition) is 1. The number of anilines is 1. The van der Waals surface area contributed by atoms with Gasteiger partial charge in [-0.2, -0.15) is 0 Å².